The Morgan fingerprint density at radius 1 is 1.09 bits per heavy atom. The van der Waals surface area contributed by atoms with Gasteiger partial charge in [-0.15, -0.1) is 0 Å². The minimum atomic E-state index is -2.24. The lowest BCUT2D eigenvalue weighted by Gasteiger charge is -2.42. The molecule has 0 bridgehead atoms. The summed E-state index contributed by atoms with van der Waals surface area (Å²) in [7, 11) is 1.32. The van der Waals surface area contributed by atoms with Gasteiger partial charge in [0.2, 0.25) is 5.78 Å². The molecule has 0 saturated carbocycles. The quantitative estimate of drug-likeness (QED) is 0.219. The van der Waals surface area contributed by atoms with E-state index in [9.17, 15) is 39.9 Å². The van der Waals surface area contributed by atoms with Crippen molar-refractivity contribution in [1.82, 2.24) is 0 Å². The molecular formula is C31H37NO12. The topological polar surface area (TPSA) is 215 Å². The third-order valence-electron chi connectivity index (χ3n) is 8.63. The van der Waals surface area contributed by atoms with E-state index in [0.717, 1.165) is 13.2 Å². The number of ketones is 3. The minimum absolute atomic E-state index is 0.0173. The summed E-state index contributed by atoms with van der Waals surface area (Å²) in [5, 5.41) is 53.7. The number of hydrogen-bond donors (Lipinski definition) is 6. The van der Waals surface area contributed by atoms with E-state index >= 15 is 0 Å². The van der Waals surface area contributed by atoms with Crippen molar-refractivity contribution in [3.8, 4) is 17.2 Å². The number of Topliss-reactive ketones (excluding diaryl/α,β-unsaturated/α-hetero) is 1. The van der Waals surface area contributed by atoms with Crippen LogP contribution in [0.25, 0.3) is 0 Å². The Labute approximate surface area is 253 Å². The maximum atomic E-state index is 13.6. The number of hydrogen-bond acceptors (Lipinski definition) is 13. The molecule has 6 atom stereocenters. The first-order valence-electron chi connectivity index (χ1n) is 14.5. The lowest BCUT2D eigenvalue weighted by molar-refractivity contribution is -0.247. The first kappa shape index (κ1) is 32.0. The molecule has 0 radical (unpaired) electrons. The second-order valence-corrected chi connectivity index (χ2v) is 11.5. The number of rotatable bonds is 5. The van der Waals surface area contributed by atoms with Gasteiger partial charge in [0.25, 0.3) is 0 Å². The Hall–Kier alpha value is -3.43. The number of nitrogens with two attached hydrogens (primary N) is 1. The number of aromatic hydroxyl groups is 2. The van der Waals surface area contributed by atoms with Gasteiger partial charge in [0, 0.05) is 55.2 Å². The number of fused-ring (bicyclic) bond motifs is 3. The lowest BCUT2D eigenvalue weighted by atomic mass is 9.72. The van der Waals surface area contributed by atoms with Crippen molar-refractivity contribution in [2.75, 3.05) is 26.9 Å². The van der Waals surface area contributed by atoms with Crippen LogP contribution in [0.2, 0.25) is 0 Å². The molecule has 13 nitrogen and oxygen atoms in total. The Kier molecular flexibility index (Phi) is 9.10. The highest BCUT2D eigenvalue weighted by molar-refractivity contribution is 6.31. The van der Waals surface area contributed by atoms with E-state index in [4.69, 9.17) is 24.7 Å². The summed E-state index contributed by atoms with van der Waals surface area (Å²) in [4.78, 5) is 39.7. The monoisotopic (exact) mass is 615 g/mol. The molecule has 2 saturated heterocycles. The van der Waals surface area contributed by atoms with Crippen molar-refractivity contribution in [3.63, 3.8) is 0 Å². The Balaban J connectivity index is 0.000000698. The highest BCUT2D eigenvalue weighted by Crippen LogP contribution is 2.52. The largest absolute Gasteiger partial charge is 0.507 e. The summed E-state index contributed by atoms with van der Waals surface area (Å²) in [5.41, 5.74) is 2.37. The third-order valence-corrected chi connectivity index (χ3v) is 8.63. The normalized spacial score (nSPS) is 29.2. The van der Waals surface area contributed by atoms with Crippen molar-refractivity contribution in [1.29, 1.82) is 0 Å². The van der Waals surface area contributed by atoms with Gasteiger partial charge in [-0.3, -0.25) is 14.4 Å². The predicted octanol–water partition coefficient (Wildman–Crippen LogP) is 0.798. The zero-order chi connectivity index (χ0) is 31.9. The van der Waals surface area contributed by atoms with E-state index in [1.54, 1.807) is 6.92 Å². The van der Waals surface area contributed by atoms with Crippen LogP contribution in [0.4, 0.5) is 0 Å². The molecule has 4 aliphatic rings. The molecule has 13 heteroatoms. The van der Waals surface area contributed by atoms with Crippen LogP contribution in [0.15, 0.2) is 18.2 Å². The summed E-state index contributed by atoms with van der Waals surface area (Å²) >= 11 is 0. The number of phenolic OH excluding ortho intramolecular Hbond substituents is 2. The van der Waals surface area contributed by atoms with Crippen LogP contribution < -0.4 is 10.5 Å². The second kappa shape index (κ2) is 12.5. The molecule has 2 fully saturated rings. The average Bonchev–Trinajstić information content (AvgIpc) is 3.60. The van der Waals surface area contributed by atoms with Gasteiger partial charge in [-0.2, -0.15) is 0 Å². The van der Waals surface area contributed by atoms with Crippen LogP contribution in [-0.2, 0) is 25.4 Å². The van der Waals surface area contributed by atoms with E-state index in [1.165, 1.54) is 38.2 Å². The van der Waals surface area contributed by atoms with E-state index in [0.29, 0.717) is 0 Å². The van der Waals surface area contributed by atoms with Crippen LogP contribution in [0.1, 0.15) is 81.7 Å². The SMILES string of the molecule is C1CCOC1.COc1cccc2c1C(=O)c1c(O)c3c(c(O)c1C2=O)C[C@@](O)(C(=O)CO)C[C@@H]3OC1CC(N)C(O)C(C)O1. The van der Waals surface area contributed by atoms with Gasteiger partial charge >= 0.3 is 0 Å². The standard InChI is InChI=1S/C27H29NO11.C4H8O/c1-10-22(31)13(28)6-17(38-10)39-15-8-27(36,16(30)9-29)7-12-19(15)26(35)21-20(24(12)33)23(32)11-4-3-5-14(37-2)18(11)25(21)34;1-2-4-5-3-1/h3-5,10,13,15,17,22,29,31,33,35-36H,6-9,28H2,1-2H3;1-4H2/t10?,13?,15-,17?,22?,27-;/m0./s1. The maximum absolute atomic E-state index is 13.6. The fourth-order valence-corrected chi connectivity index (χ4v) is 6.26. The number of benzene rings is 2. The molecule has 2 aliphatic heterocycles. The second-order valence-electron chi connectivity index (χ2n) is 11.5. The van der Waals surface area contributed by atoms with E-state index in [1.807, 2.05) is 0 Å². The number of ether oxygens (including phenoxy) is 4. The van der Waals surface area contributed by atoms with Crippen molar-refractivity contribution >= 4 is 17.3 Å². The Morgan fingerprint density at radius 2 is 1.77 bits per heavy atom. The third kappa shape index (κ3) is 5.49. The van der Waals surface area contributed by atoms with Crippen LogP contribution in [0, 0.1) is 0 Å². The fraction of sp³-hybridized carbons (Fsp3) is 0.516. The molecule has 2 aromatic carbocycles. The molecule has 0 aromatic heterocycles. The highest BCUT2D eigenvalue weighted by Gasteiger charge is 2.50. The lowest BCUT2D eigenvalue weighted by Crippen LogP contribution is -2.53. The molecule has 6 rings (SSSR count). The van der Waals surface area contributed by atoms with Gasteiger partial charge in [-0.05, 0) is 25.8 Å². The minimum Gasteiger partial charge on any atom is -0.507 e. The zero-order valence-electron chi connectivity index (χ0n) is 24.4. The van der Waals surface area contributed by atoms with Gasteiger partial charge in [-0.25, -0.2) is 0 Å². The smallest absolute Gasteiger partial charge is 0.202 e. The predicted molar refractivity (Wildman–Crippen MR) is 152 cm³/mol. The van der Waals surface area contributed by atoms with Crippen LogP contribution in [0.5, 0.6) is 17.2 Å². The number of phenols is 2. The van der Waals surface area contributed by atoms with Crippen LogP contribution in [-0.4, -0.2) is 100.0 Å². The Bertz CT molecular complexity index is 1450. The van der Waals surface area contributed by atoms with Gasteiger partial charge < -0.3 is 50.2 Å². The maximum Gasteiger partial charge on any atom is 0.202 e. The molecule has 2 aliphatic carbocycles. The zero-order valence-corrected chi connectivity index (χ0v) is 24.4. The number of carbonyl (C=O) groups excluding carboxylic acids is 3. The number of aliphatic hydroxyl groups is 3. The fourth-order valence-electron chi connectivity index (χ4n) is 6.26. The number of aliphatic hydroxyl groups excluding tert-OH is 2. The molecular weight excluding hydrogens is 578 g/mol. The van der Waals surface area contributed by atoms with Crippen molar-refractivity contribution in [2.45, 2.75) is 75.3 Å². The van der Waals surface area contributed by atoms with Gasteiger partial charge in [0.05, 0.1) is 42.1 Å². The summed E-state index contributed by atoms with van der Waals surface area (Å²) < 4.78 is 21.9. The highest BCUT2D eigenvalue weighted by atomic mass is 16.7. The molecule has 7 N–H and O–H groups in total. The Morgan fingerprint density at radius 3 is 2.36 bits per heavy atom. The van der Waals surface area contributed by atoms with E-state index < -0.39 is 95.7 Å². The molecule has 2 heterocycles. The summed E-state index contributed by atoms with van der Waals surface area (Å²) in [6.45, 7) is 2.56. The van der Waals surface area contributed by atoms with Crippen molar-refractivity contribution in [2.24, 2.45) is 5.73 Å². The van der Waals surface area contributed by atoms with E-state index in [2.05, 4.69) is 0 Å². The molecule has 238 valence electrons. The number of carbonyl (C=O) groups is 3. The first-order chi connectivity index (χ1) is 20.9. The average molecular weight is 616 g/mol. The molecule has 4 unspecified atom stereocenters. The first-order valence-corrected chi connectivity index (χ1v) is 14.5. The summed E-state index contributed by atoms with van der Waals surface area (Å²) in [6, 6.07) is 3.64. The van der Waals surface area contributed by atoms with Gasteiger partial charge in [-0.1, -0.05) is 12.1 Å². The molecule has 0 spiro atoms. The number of methoxy groups -OCH3 is 1. The van der Waals surface area contributed by atoms with Crippen molar-refractivity contribution < 1.29 is 58.9 Å². The van der Waals surface area contributed by atoms with Gasteiger partial charge in [0.1, 0.15) is 29.5 Å². The summed E-state index contributed by atoms with van der Waals surface area (Å²) in [6.07, 6.45) is -2.57. The molecule has 44 heavy (non-hydrogen) atoms. The van der Waals surface area contributed by atoms with E-state index in [-0.39, 0.29) is 34.4 Å². The van der Waals surface area contributed by atoms with Gasteiger partial charge in [0.15, 0.2) is 17.9 Å². The summed E-state index contributed by atoms with van der Waals surface area (Å²) in [5.74, 6) is -3.77. The molecule has 2 aromatic rings. The molecule has 0 amide bonds. The van der Waals surface area contributed by atoms with Crippen molar-refractivity contribution in [3.05, 3.63) is 51.6 Å². The van der Waals surface area contributed by atoms with Crippen LogP contribution >= 0.6 is 0 Å². The van der Waals surface area contributed by atoms with Crippen LogP contribution in [0.3, 0.4) is 0 Å².